The van der Waals surface area contributed by atoms with Crippen LogP contribution in [0.4, 0.5) is 16.2 Å². The van der Waals surface area contributed by atoms with E-state index in [9.17, 15) is 9.59 Å². The van der Waals surface area contributed by atoms with E-state index in [1.807, 2.05) is 24.3 Å². The summed E-state index contributed by atoms with van der Waals surface area (Å²) in [6, 6.07) is 13.9. The normalized spacial score (nSPS) is 10.0. The van der Waals surface area contributed by atoms with Gasteiger partial charge in [-0.05, 0) is 35.7 Å². The molecular weight excluding hydrogens is 334 g/mol. The molecule has 0 aromatic heterocycles. The zero-order valence-electron chi connectivity index (χ0n) is 14.1. The monoisotopic (exact) mass is 355 g/mol. The SMILES string of the molecule is NC(N)=Nc1cccc(NC(=O)NCc2cccc(CCC(=O)O)c2)c1. The van der Waals surface area contributed by atoms with Crippen molar-refractivity contribution in [3.05, 3.63) is 59.7 Å². The van der Waals surface area contributed by atoms with Crippen molar-refractivity contribution in [3.63, 3.8) is 0 Å². The lowest BCUT2D eigenvalue weighted by atomic mass is 10.1. The van der Waals surface area contributed by atoms with Crippen LogP contribution in [0.5, 0.6) is 0 Å². The molecule has 0 atom stereocenters. The molecule has 0 heterocycles. The van der Waals surface area contributed by atoms with Gasteiger partial charge >= 0.3 is 12.0 Å². The van der Waals surface area contributed by atoms with Gasteiger partial charge in [-0.3, -0.25) is 4.79 Å². The van der Waals surface area contributed by atoms with Crippen LogP contribution < -0.4 is 22.1 Å². The average Bonchev–Trinajstić information content (AvgIpc) is 2.58. The smallest absolute Gasteiger partial charge is 0.319 e. The van der Waals surface area contributed by atoms with Crippen molar-refractivity contribution in [2.45, 2.75) is 19.4 Å². The molecule has 0 aliphatic rings. The van der Waals surface area contributed by atoms with Crippen LogP contribution in [-0.2, 0) is 17.8 Å². The van der Waals surface area contributed by atoms with Crippen LogP contribution in [-0.4, -0.2) is 23.1 Å². The Morgan fingerprint density at radius 3 is 2.50 bits per heavy atom. The zero-order valence-corrected chi connectivity index (χ0v) is 14.1. The summed E-state index contributed by atoms with van der Waals surface area (Å²) in [6.45, 7) is 0.320. The number of benzene rings is 2. The summed E-state index contributed by atoms with van der Waals surface area (Å²) >= 11 is 0. The van der Waals surface area contributed by atoms with E-state index in [2.05, 4.69) is 15.6 Å². The molecule has 2 aromatic carbocycles. The van der Waals surface area contributed by atoms with Gasteiger partial charge in [0.05, 0.1) is 5.69 Å². The number of anilines is 1. The first-order chi connectivity index (χ1) is 12.4. The number of amides is 2. The number of carboxylic acids is 1. The number of guanidine groups is 1. The number of hydrogen-bond donors (Lipinski definition) is 5. The molecule has 0 fully saturated rings. The number of aliphatic carboxylic acids is 1. The molecule has 136 valence electrons. The number of aliphatic imine (C=N–C) groups is 1. The largest absolute Gasteiger partial charge is 0.481 e. The standard InChI is InChI=1S/C18H21N5O3/c19-17(20)22-14-5-2-6-15(10-14)23-18(26)21-11-13-4-1-3-12(9-13)7-8-16(24)25/h1-6,9-10H,7-8,11H2,(H,24,25)(H4,19,20,22)(H2,21,23,26). The lowest BCUT2D eigenvalue weighted by Crippen LogP contribution is -2.28. The molecule has 8 nitrogen and oxygen atoms in total. The summed E-state index contributed by atoms with van der Waals surface area (Å²) in [5.74, 6) is -0.898. The van der Waals surface area contributed by atoms with Gasteiger partial charge < -0.3 is 27.2 Å². The van der Waals surface area contributed by atoms with Gasteiger partial charge in [0.1, 0.15) is 0 Å². The fourth-order valence-electron chi connectivity index (χ4n) is 2.31. The first kappa shape index (κ1) is 18.8. The van der Waals surface area contributed by atoms with E-state index >= 15 is 0 Å². The molecule has 0 aliphatic heterocycles. The van der Waals surface area contributed by atoms with Crippen molar-refractivity contribution in [2.24, 2.45) is 16.5 Å². The Balaban J connectivity index is 1.90. The molecule has 0 radical (unpaired) electrons. The summed E-state index contributed by atoms with van der Waals surface area (Å²) in [6.07, 6.45) is 0.524. The van der Waals surface area contributed by atoms with Crippen molar-refractivity contribution < 1.29 is 14.7 Å². The minimum atomic E-state index is -0.837. The maximum atomic E-state index is 12.0. The van der Waals surface area contributed by atoms with Crippen LogP contribution in [0, 0.1) is 0 Å². The summed E-state index contributed by atoms with van der Waals surface area (Å²) < 4.78 is 0. The molecule has 0 unspecified atom stereocenters. The van der Waals surface area contributed by atoms with Crippen molar-refractivity contribution in [1.29, 1.82) is 0 Å². The maximum absolute atomic E-state index is 12.0. The van der Waals surface area contributed by atoms with E-state index in [1.54, 1.807) is 24.3 Å². The maximum Gasteiger partial charge on any atom is 0.319 e. The third-order valence-electron chi connectivity index (χ3n) is 3.43. The van der Waals surface area contributed by atoms with Gasteiger partial charge in [-0.25, -0.2) is 9.79 Å². The van der Waals surface area contributed by atoms with Crippen molar-refractivity contribution in [1.82, 2.24) is 5.32 Å². The van der Waals surface area contributed by atoms with E-state index in [1.165, 1.54) is 0 Å². The molecular formula is C18H21N5O3. The van der Waals surface area contributed by atoms with E-state index < -0.39 is 5.97 Å². The second kappa shape index (κ2) is 9.07. The van der Waals surface area contributed by atoms with E-state index in [4.69, 9.17) is 16.6 Å². The Hall–Kier alpha value is -3.55. The summed E-state index contributed by atoms with van der Waals surface area (Å²) in [5, 5.41) is 14.2. The first-order valence-electron chi connectivity index (χ1n) is 7.96. The highest BCUT2D eigenvalue weighted by molar-refractivity contribution is 5.90. The van der Waals surface area contributed by atoms with Gasteiger partial charge in [0.15, 0.2) is 5.96 Å². The van der Waals surface area contributed by atoms with Gasteiger partial charge in [0.25, 0.3) is 0 Å². The van der Waals surface area contributed by atoms with Crippen LogP contribution in [0.2, 0.25) is 0 Å². The zero-order chi connectivity index (χ0) is 18.9. The minimum absolute atomic E-state index is 0.0608. The number of carbonyl (C=O) groups excluding carboxylic acids is 1. The van der Waals surface area contributed by atoms with Crippen LogP contribution in [0.15, 0.2) is 53.5 Å². The van der Waals surface area contributed by atoms with Crippen LogP contribution in [0.3, 0.4) is 0 Å². The molecule has 2 rings (SSSR count). The fourth-order valence-corrected chi connectivity index (χ4v) is 2.31. The van der Waals surface area contributed by atoms with E-state index in [0.29, 0.717) is 24.3 Å². The van der Waals surface area contributed by atoms with Crippen LogP contribution in [0.1, 0.15) is 17.5 Å². The lowest BCUT2D eigenvalue weighted by molar-refractivity contribution is -0.136. The Morgan fingerprint density at radius 2 is 1.77 bits per heavy atom. The van der Waals surface area contributed by atoms with Gasteiger partial charge in [0.2, 0.25) is 0 Å². The predicted molar refractivity (Wildman–Crippen MR) is 100 cm³/mol. The average molecular weight is 355 g/mol. The third kappa shape index (κ3) is 6.52. The number of urea groups is 1. The van der Waals surface area contributed by atoms with Gasteiger partial charge in [-0.2, -0.15) is 0 Å². The Morgan fingerprint density at radius 1 is 1.04 bits per heavy atom. The van der Waals surface area contributed by atoms with Crippen molar-refractivity contribution in [3.8, 4) is 0 Å². The molecule has 2 amide bonds. The van der Waals surface area contributed by atoms with E-state index in [0.717, 1.165) is 11.1 Å². The van der Waals surface area contributed by atoms with Gasteiger partial charge in [-0.15, -0.1) is 0 Å². The fraction of sp³-hybridized carbons (Fsp3) is 0.167. The van der Waals surface area contributed by atoms with E-state index in [-0.39, 0.29) is 18.4 Å². The third-order valence-corrected chi connectivity index (χ3v) is 3.43. The summed E-state index contributed by atoms with van der Waals surface area (Å²) in [7, 11) is 0. The molecule has 0 aliphatic carbocycles. The highest BCUT2D eigenvalue weighted by Gasteiger charge is 2.04. The molecule has 0 saturated carbocycles. The number of carbonyl (C=O) groups is 2. The second-order valence-corrected chi connectivity index (χ2v) is 5.61. The van der Waals surface area contributed by atoms with Gasteiger partial charge in [-0.1, -0.05) is 30.3 Å². The highest BCUT2D eigenvalue weighted by Crippen LogP contribution is 2.17. The Labute approximate surface area is 150 Å². The van der Waals surface area contributed by atoms with Crippen LogP contribution >= 0.6 is 0 Å². The quantitative estimate of drug-likeness (QED) is 0.381. The molecule has 0 saturated heterocycles. The summed E-state index contributed by atoms with van der Waals surface area (Å²) in [4.78, 5) is 26.6. The summed E-state index contributed by atoms with van der Waals surface area (Å²) in [5.41, 5.74) is 13.6. The van der Waals surface area contributed by atoms with Gasteiger partial charge in [0, 0.05) is 18.7 Å². The molecule has 7 N–H and O–H groups in total. The van der Waals surface area contributed by atoms with Crippen LogP contribution in [0.25, 0.3) is 0 Å². The molecule has 8 heteroatoms. The lowest BCUT2D eigenvalue weighted by Gasteiger charge is -2.09. The number of rotatable bonds is 7. The predicted octanol–water partition coefficient (Wildman–Crippen LogP) is 1.93. The molecule has 26 heavy (non-hydrogen) atoms. The number of nitrogens with one attached hydrogen (secondary N) is 2. The Bertz CT molecular complexity index is 816. The molecule has 2 aromatic rings. The van der Waals surface area contributed by atoms with Crippen molar-refractivity contribution >= 4 is 29.3 Å². The Kier molecular flexibility index (Phi) is 6.55. The molecule has 0 bridgehead atoms. The second-order valence-electron chi connectivity index (χ2n) is 5.61. The number of nitrogens with two attached hydrogens (primary N) is 2. The minimum Gasteiger partial charge on any atom is -0.481 e. The van der Waals surface area contributed by atoms with Crippen molar-refractivity contribution in [2.75, 3.05) is 5.32 Å². The number of nitrogens with zero attached hydrogens (tertiary/aromatic N) is 1. The number of hydrogen-bond acceptors (Lipinski definition) is 3. The number of aryl methyl sites for hydroxylation is 1. The topological polar surface area (TPSA) is 143 Å². The molecule has 0 spiro atoms. The number of carboxylic acid groups (broad SMARTS) is 1. The first-order valence-corrected chi connectivity index (χ1v) is 7.96. The highest BCUT2D eigenvalue weighted by atomic mass is 16.4.